The molecule has 1 aliphatic heterocycles. The third-order valence-corrected chi connectivity index (χ3v) is 4.80. The van der Waals surface area contributed by atoms with Crippen molar-refractivity contribution >= 4 is 35.0 Å². The summed E-state index contributed by atoms with van der Waals surface area (Å²) in [5.74, 6) is 0.0484. The summed E-state index contributed by atoms with van der Waals surface area (Å²) in [6.45, 7) is 0.0923. The van der Waals surface area contributed by atoms with E-state index in [1.54, 1.807) is 12.1 Å². The summed E-state index contributed by atoms with van der Waals surface area (Å²) in [7, 11) is 0. The second kappa shape index (κ2) is 7.51. The lowest BCUT2D eigenvalue weighted by Gasteiger charge is -2.28. The van der Waals surface area contributed by atoms with Crippen LogP contribution in [0, 0.1) is 0 Å². The molecule has 1 heterocycles. The zero-order chi connectivity index (χ0) is 16.9. The molecule has 3 rings (SSSR count). The van der Waals surface area contributed by atoms with Crippen molar-refractivity contribution in [3.05, 3.63) is 54.1 Å². The number of aliphatic hydroxyl groups excluding tert-OH is 1. The van der Waals surface area contributed by atoms with Crippen LogP contribution in [0.25, 0.3) is 0 Å². The van der Waals surface area contributed by atoms with E-state index >= 15 is 0 Å². The molecule has 0 unspecified atom stereocenters. The van der Waals surface area contributed by atoms with Gasteiger partial charge < -0.3 is 15.3 Å². The van der Waals surface area contributed by atoms with Gasteiger partial charge in [0.05, 0.1) is 11.4 Å². The van der Waals surface area contributed by atoms with Gasteiger partial charge in [-0.1, -0.05) is 24.3 Å². The molecule has 0 aliphatic carbocycles. The highest BCUT2D eigenvalue weighted by Gasteiger charge is 2.26. The average molecular weight is 342 g/mol. The second-order valence-corrected chi connectivity index (χ2v) is 6.47. The van der Waals surface area contributed by atoms with E-state index in [0.717, 1.165) is 16.1 Å². The van der Waals surface area contributed by atoms with Crippen molar-refractivity contribution in [2.45, 2.75) is 11.3 Å². The number of amides is 2. The van der Waals surface area contributed by atoms with E-state index in [4.69, 9.17) is 5.11 Å². The Morgan fingerprint density at radius 2 is 1.92 bits per heavy atom. The minimum atomic E-state index is -0.236. The Kier molecular flexibility index (Phi) is 5.17. The van der Waals surface area contributed by atoms with Crippen LogP contribution < -0.4 is 10.2 Å². The lowest BCUT2D eigenvalue weighted by atomic mass is 10.1. The number of thioether (sulfide) groups is 1. The summed E-state index contributed by atoms with van der Waals surface area (Å²) < 4.78 is 0. The van der Waals surface area contributed by atoms with Gasteiger partial charge in [-0.2, -0.15) is 0 Å². The van der Waals surface area contributed by atoms with Gasteiger partial charge in [-0.3, -0.25) is 9.59 Å². The van der Waals surface area contributed by atoms with Crippen LogP contribution in [-0.4, -0.2) is 35.8 Å². The molecule has 2 N–H and O–H groups in total. The molecule has 0 spiro atoms. The molecule has 0 aromatic heterocycles. The van der Waals surface area contributed by atoms with Gasteiger partial charge in [0.1, 0.15) is 6.54 Å². The maximum absolute atomic E-state index is 12.3. The Hall–Kier alpha value is -2.31. The van der Waals surface area contributed by atoms with Gasteiger partial charge in [0.25, 0.3) is 0 Å². The number of carbonyl (C=O) groups excluding carboxylic acids is 2. The standard InChI is InChI=1S/C18H18N2O3S/c21-10-9-13-5-7-14(8-6-13)19-17(22)11-20-15-3-1-2-4-16(15)24-12-18(20)23/h1-8,21H,9-12H2,(H,19,22). The van der Waals surface area contributed by atoms with Crippen molar-refractivity contribution in [1.29, 1.82) is 0 Å². The van der Waals surface area contributed by atoms with Crippen molar-refractivity contribution < 1.29 is 14.7 Å². The second-order valence-electron chi connectivity index (χ2n) is 5.45. The van der Waals surface area contributed by atoms with E-state index in [-0.39, 0.29) is 25.0 Å². The summed E-state index contributed by atoms with van der Waals surface area (Å²) in [6.07, 6.45) is 0.588. The normalized spacial score (nSPS) is 13.5. The van der Waals surface area contributed by atoms with Crippen LogP contribution >= 0.6 is 11.8 Å². The van der Waals surface area contributed by atoms with Gasteiger partial charge >= 0.3 is 0 Å². The Labute approximate surface area is 144 Å². The molecule has 0 fully saturated rings. The summed E-state index contributed by atoms with van der Waals surface area (Å²) >= 11 is 1.49. The van der Waals surface area contributed by atoms with Gasteiger partial charge in [-0.05, 0) is 36.2 Å². The highest BCUT2D eigenvalue weighted by molar-refractivity contribution is 8.00. The van der Waals surface area contributed by atoms with E-state index in [9.17, 15) is 9.59 Å². The first-order chi connectivity index (χ1) is 11.7. The molecule has 0 atom stereocenters. The Morgan fingerprint density at radius 1 is 1.17 bits per heavy atom. The highest BCUT2D eigenvalue weighted by atomic mass is 32.2. The number of aliphatic hydroxyl groups is 1. The number of hydrogen-bond acceptors (Lipinski definition) is 4. The molecule has 2 aromatic carbocycles. The third-order valence-electron chi connectivity index (χ3n) is 3.75. The topological polar surface area (TPSA) is 69.6 Å². The van der Waals surface area contributed by atoms with Crippen LogP contribution in [0.2, 0.25) is 0 Å². The quantitative estimate of drug-likeness (QED) is 0.875. The average Bonchev–Trinajstić information content (AvgIpc) is 2.59. The molecule has 5 nitrogen and oxygen atoms in total. The molecule has 24 heavy (non-hydrogen) atoms. The van der Waals surface area contributed by atoms with Crippen molar-refractivity contribution in [2.24, 2.45) is 0 Å². The highest BCUT2D eigenvalue weighted by Crippen LogP contribution is 2.34. The van der Waals surface area contributed by atoms with Crippen LogP contribution in [0.1, 0.15) is 5.56 Å². The van der Waals surface area contributed by atoms with Crippen LogP contribution in [0.15, 0.2) is 53.4 Å². The van der Waals surface area contributed by atoms with Gasteiger partial charge in [-0.25, -0.2) is 0 Å². The van der Waals surface area contributed by atoms with Gasteiger partial charge in [0.2, 0.25) is 11.8 Å². The minimum absolute atomic E-state index is 0.00516. The van der Waals surface area contributed by atoms with Crippen LogP contribution in [0.4, 0.5) is 11.4 Å². The smallest absolute Gasteiger partial charge is 0.244 e. The summed E-state index contributed by atoms with van der Waals surface area (Å²) in [5, 5.41) is 11.7. The predicted molar refractivity (Wildman–Crippen MR) is 95.4 cm³/mol. The molecule has 6 heteroatoms. The lowest BCUT2D eigenvalue weighted by molar-refractivity contribution is -0.120. The fourth-order valence-corrected chi connectivity index (χ4v) is 3.49. The van der Waals surface area contributed by atoms with E-state index in [0.29, 0.717) is 17.9 Å². The minimum Gasteiger partial charge on any atom is -0.396 e. The molecular weight excluding hydrogens is 324 g/mol. The van der Waals surface area contributed by atoms with Gasteiger partial charge in [0.15, 0.2) is 0 Å². The number of nitrogens with zero attached hydrogens (tertiary/aromatic N) is 1. The zero-order valence-electron chi connectivity index (χ0n) is 13.1. The van der Waals surface area contributed by atoms with E-state index in [1.165, 1.54) is 16.7 Å². The summed E-state index contributed by atoms with van der Waals surface area (Å²) in [5.41, 5.74) is 2.47. The fourth-order valence-electron chi connectivity index (χ4n) is 2.56. The number of benzene rings is 2. The maximum atomic E-state index is 12.3. The molecule has 0 radical (unpaired) electrons. The van der Waals surface area contributed by atoms with Crippen molar-refractivity contribution in [2.75, 3.05) is 29.1 Å². The largest absolute Gasteiger partial charge is 0.396 e. The SMILES string of the molecule is O=C(CN1C(=O)CSc2ccccc21)Nc1ccc(CCO)cc1. The van der Waals surface area contributed by atoms with Crippen LogP contribution in [0.5, 0.6) is 0 Å². The van der Waals surface area contributed by atoms with Crippen molar-refractivity contribution in [3.63, 3.8) is 0 Å². The molecule has 0 saturated heterocycles. The number of nitrogens with one attached hydrogen (secondary N) is 1. The summed E-state index contributed by atoms with van der Waals surface area (Å²) in [4.78, 5) is 27.0. The van der Waals surface area contributed by atoms with Gasteiger partial charge in [-0.15, -0.1) is 11.8 Å². The molecule has 0 bridgehead atoms. The number of anilines is 2. The van der Waals surface area contributed by atoms with Crippen LogP contribution in [-0.2, 0) is 16.0 Å². The number of carbonyl (C=O) groups is 2. The lowest BCUT2D eigenvalue weighted by Crippen LogP contribution is -2.41. The van der Waals surface area contributed by atoms with Crippen molar-refractivity contribution in [1.82, 2.24) is 0 Å². The Balaban J connectivity index is 1.67. The van der Waals surface area contributed by atoms with E-state index in [1.807, 2.05) is 36.4 Å². The molecule has 2 amide bonds. The van der Waals surface area contributed by atoms with E-state index in [2.05, 4.69) is 5.32 Å². The number of fused-ring (bicyclic) bond motifs is 1. The van der Waals surface area contributed by atoms with Crippen LogP contribution in [0.3, 0.4) is 0 Å². The monoisotopic (exact) mass is 342 g/mol. The fraction of sp³-hybridized carbons (Fsp3) is 0.222. The molecule has 1 aliphatic rings. The third kappa shape index (κ3) is 3.77. The first-order valence-corrected chi connectivity index (χ1v) is 8.68. The maximum Gasteiger partial charge on any atom is 0.244 e. The summed E-state index contributed by atoms with van der Waals surface area (Å²) in [6, 6.07) is 14.9. The predicted octanol–water partition coefficient (Wildman–Crippen LogP) is 2.30. The molecule has 2 aromatic rings. The van der Waals surface area contributed by atoms with Gasteiger partial charge in [0, 0.05) is 17.2 Å². The first-order valence-electron chi connectivity index (χ1n) is 7.69. The molecule has 124 valence electrons. The number of rotatable bonds is 5. The number of para-hydroxylation sites is 1. The molecular formula is C18H18N2O3S. The molecule has 0 saturated carbocycles. The number of hydrogen-bond donors (Lipinski definition) is 2. The Morgan fingerprint density at radius 3 is 2.67 bits per heavy atom. The van der Waals surface area contributed by atoms with E-state index < -0.39 is 0 Å². The zero-order valence-corrected chi connectivity index (χ0v) is 13.9. The van der Waals surface area contributed by atoms with Crippen molar-refractivity contribution in [3.8, 4) is 0 Å². The Bertz CT molecular complexity index is 746. The first kappa shape index (κ1) is 16.5.